The number of amides is 2. The fourth-order valence-electron chi connectivity index (χ4n) is 3.19. The standard InChI is InChI=1S/C22H23BrN6O2/c1-28(13-21(30)25-19-10-9-16(23)12-24-19)14-22(31)26-20-11-18(15-7-8-15)27-29(20)17-5-3-2-4-6-17/h2-6,9-12,15H,7-8,13-14H2,1H3,(H,26,31)(H,24,25,30). The van der Waals surface area contributed by atoms with Gasteiger partial charge in [0.25, 0.3) is 0 Å². The van der Waals surface area contributed by atoms with E-state index in [1.165, 1.54) is 0 Å². The average molecular weight is 483 g/mol. The highest BCUT2D eigenvalue weighted by Gasteiger charge is 2.28. The van der Waals surface area contributed by atoms with Crippen LogP contribution in [-0.4, -0.2) is 51.6 Å². The van der Waals surface area contributed by atoms with Crippen LogP contribution in [0.1, 0.15) is 24.5 Å². The summed E-state index contributed by atoms with van der Waals surface area (Å²) in [6.07, 6.45) is 3.87. The average Bonchev–Trinajstić information content (AvgIpc) is 3.51. The molecule has 1 fully saturated rings. The molecule has 2 aromatic heterocycles. The van der Waals surface area contributed by atoms with Crippen LogP contribution in [0.15, 0.2) is 59.2 Å². The van der Waals surface area contributed by atoms with E-state index in [0.717, 1.165) is 28.7 Å². The van der Waals surface area contributed by atoms with Gasteiger partial charge in [0.1, 0.15) is 11.6 Å². The lowest BCUT2D eigenvalue weighted by Gasteiger charge is -2.16. The normalized spacial score (nSPS) is 13.3. The van der Waals surface area contributed by atoms with E-state index in [9.17, 15) is 9.59 Å². The summed E-state index contributed by atoms with van der Waals surface area (Å²) in [5.41, 5.74) is 1.88. The second-order valence-corrected chi connectivity index (χ2v) is 8.52. The van der Waals surface area contributed by atoms with Gasteiger partial charge in [-0.1, -0.05) is 18.2 Å². The lowest BCUT2D eigenvalue weighted by Crippen LogP contribution is -2.36. The van der Waals surface area contributed by atoms with Gasteiger partial charge in [-0.05, 0) is 60.1 Å². The molecule has 2 amide bonds. The van der Waals surface area contributed by atoms with Crippen LogP contribution in [0.25, 0.3) is 5.69 Å². The molecule has 0 atom stereocenters. The van der Waals surface area contributed by atoms with Crippen molar-refractivity contribution in [3.63, 3.8) is 0 Å². The van der Waals surface area contributed by atoms with Gasteiger partial charge in [-0.15, -0.1) is 0 Å². The van der Waals surface area contributed by atoms with Crippen LogP contribution >= 0.6 is 15.9 Å². The molecule has 0 spiro atoms. The molecule has 8 nitrogen and oxygen atoms in total. The molecule has 2 N–H and O–H groups in total. The van der Waals surface area contributed by atoms with E-state index in [0.29, 0.717) is 17.6 Å². The molecule has 9 heteroatoms. The molecule has 1 aromatic carbocycles. The van der Waals surface area contributed by atoms with Gasteiger partial charge >= 0.3 is 0 Å². The van der Waals surface area contributed by atoms with Gasteiger partial charge in [0, 0.05) is 22.7 Å². The van der Waals surface area contributed by atoms with Crippen LogP contribution in [0, 0.1) is 0 Å². The van der Waals surface area contributed by atoms with Crippen molar-refractivity contribution in [2.45, 2.75) is 18.8 Å². The van der Waals surface area contributed by atoms with Crippen molar-refractivity contribution >= 4 is 39.4 Å². The second-order valence-electron chi connectivity index (χ2n) is 7.61. The zero-order valence-electron chi connectivity index (χ0n) is 17.1. The predicted molar refractivity (Wildman–Crippen MR) is 122 cm³/mol. The van der Waals surface area contributed by atoms with Gasteiger partial charge in [-0.2, -0.15) is 5.10 Å². The SMILES string of the molecule is CN(CC(=O)Nc1ccc(Br)cn1)CC(=O)Nc1cc(C2CC2)nn1-c1ccccc1. The van der Waals surface area contributed by atoms with Gasteiger partial charge in [0.2, 0.25) is 11.8 Å². The Bertz CT molecular complexity index is 1060. The van der Waals surface area contributed by atoms with Crippen molar-refractivity contribution < 1.29 is 9.59 Å². The number of carbonyl (C=O) groups is 2. The first-order valence-electron chi connectivity index (χ1n) is 10.0. The van der Waals surface area contributed by atoms with E-state index < -0.39 is 0 Å². The zero-order valence-corrected chi connectivity index (χ0v) is 18.7. The predicted octanol–water partition coefficient (Wildman–Crippen LogP) is 3.42. The Morgan fingerprint density at radius 2 is 1.81 bits per heavy atom. The highest BCUT2D eigenvalue weighted by Crippen LogP contribution is 2.40. The Hall–Kier alpha value is -3.04. The monoisotopic (exact) mass is 482 g/mol. The number of pyridine rings is 1. The maximum atomic E-state index is 12.6. The molecule has 0 unspecified atom stereocenters. The Morgan fingerprint density at radius 3 is 2.45 bits per heavy atom. The van der Waals surface area contributed by atoms with Crippen LogP contribution in [-0.2, 0) is 9.59 Å². The summed E-state index contributed by atoms with van der Waals surface area (Å²) in [5, 5.41) is 10.4. The van der Waals surface area contributed by atoms with Gasteiger partial charge < -0.3 is 10.6 Å². The third kappa shape index (κ3) is 5.77. The second kappa shape index (κ2) is 9.40. The molecule has 1 aliphatic rings. The number of aromatic nitrogens is 3. The van der Waals surface area contributed by atoms with Gasteiger partial charge in [0.15, 0.2) is 0 Å². The number of anilines is 2. The largest absolute Gasteiger partial charge is 0.310 e. The highest BCUT2D eigenvalue weighted by atomic mass is 79.9. The van der Waals surface area contributed by atoms with E-state index >= 15 is 0 Å². The first kappa shape index (κ1) is 21.2. The quantitative estimate of drug-likeness (QED) is 0.513. The Kier molecular flexibility index (Phi) is 6.43. The number of likely N-dealkylation sites (N-methyl/N-ethyl adjacent to an activating group) is 1. The molecule has 160 valence electrons. The van der Waals surface area contributed by atoms with Gasteiger partial charge in [-0.3, -0.25) is 14.5 Å². The number of carbonyl (C=O) groups excluding carboxylic acids is 2. The van der Waals surface area contributed by atoms with Crippen molar-refractivity contribution in [3.8, 4) is 5.69 Å². The Morgan fingerprint density at radius 1 is 1.10 bits per heavy atom. The minimum Gasteiger partial charge on any atom is -0.310 e. The lowest BCUT2D eigenvalue weighted by atomic mass is 10.3. The summed E-state index contributed by atoms with van der Waals surface area (Å²) in [6, 6.07) is 15.2. The fourth-order valence-corrected chi connectivity index (χ4v) is 3.43. The topological polar surface area (TPSA) is 92.2 Å². The van der Waals surface area contributed by atoms with E-state index in [2.05, 4.69) is 36.6 Å². The van der Waals surface area contributed by atoms with Crippen molar-refractivity contribution in [1.29, 1.82) is 0 Å². The maximum Gasteiger partial charge on any atom is 0.239 e. The van der Waals surface area contributed by atoms with Crippen LogP contribution < -0.4 is 10.6 Å². The molecule has 0 saturated heterocycles. The molecule has 0 bridgehead atoms. The number of halogens is 1. The van der Waals surface area contributed by atoms with Crippen LogP contribution in [0.5, 0.6) is 0 Å². The third-order valence-corrected chi connectivity index (χ3v) is 5.28. The van der Waals surface area contributed by atoms with Gasteiger partial charge in [0.05, 0.1) is 24.5 Å². The molecule has 31 heavy (non-hydrogen) atoms. The number of hydrogen-bond donors (Lipinski definition) is 2. The molecule has 1 saturated carbocycles. The number of benzene rings is 1. The summed E-state index contributed by atoms with van der Waals surface area (Å²) < 4.78 is 2.59. The molecule has 2 heterocycles. The first-order chi connectivity index (χ1) is 15.0. The van der Waals surface area contributed by atoms with E-state index in [1.807, 2.05) is 36.4 Å². The van der Waals surface area contributed by atoms with Crippen LogP contribution in [0.2, 0.25) is 0 Å². The lowest BCUT2D eigenvalue weighted by molar-refractivity contribution is -0.119. The first-order valence-corrected chi connectivity index (χ1v) is 10.8. The van der Waals surface area contributed by atoms with E-state index in [-0.39, 0.29) is 24.9 Å². The smallest absolute Gasteiger partial charge is 0.239 e. The zero-order chi connectivity index (χ0) is 21.8. The Balaban J connectivity index is 1.36. The van der Waals surface area contributed by atoms with Crippen LogP contribution in [0.3, 0.4) is 0 Å². The van der Waals surface area contributed by atoms with E-state index in [4.69, 9.17) is 0 Å². The number of nitrogens with one attached hydrogen (secondary N) is 2. The number of para-hydroxylation sites is 1. The van der Waals surface area contributed by atoms with Crippen molar-refractivity contribution in [2.75, 3.05) is 30.8 Å². The minimum absolute atomic E-state index is 0.0659. The van der Waals surface area contributed by atoms with Crippen molar-refractivity contribution in [3.05, 3.63) is 64.9 Å². The third-order valence-electron chi connectivity index (χ3n) is 4.81. The molecule has 4 rings (SSSR count). The van der Waals surface area contributed by atoms with Crippen molar-refractivity contribution in [2.24, 2.45) is 0 Å². The number of nitrogens with zero attached hydrogens (tertiary/aromatic N) is 4. The molecular formula is C22H23BrN6O2. The highest BCUT2D eigenvalue weighted by molar-refractivity contribution is 9.10. The Labute approximate surface area is 188 Å². The van der Waals surface area contributed by atoms with Crippen LogP contribution in [0.4, 0.5) is 11.6 Å². The molecule has 1 aliphatic carbocycles. The summed E-state index contributed by atoms with van der Waals surface area (Å²) in [5.74, 6) is 1.12. The number of rotatable bonds is 8. The van der Waals surface area contributed by atoms with E-state index in [1.54, 1.807) is 35.0 Å². The fraction of sp³-hybridized carbons (Fsp3) is 0.273. The summed E-state index contributed by atoms with van der Waals surface area (Å²) in [7, 11) is 1.72. The van der Waals surface area contributed by atoms with Crippen molar-refractivity contribution in [1.82, 2.24) is 19.7 Å². The maximum absolute atomic E-state index is 12.6. The molecule has 0 aliphatic heterocycles. The molecule has 0 radical (unpaired) electrons. The molecular weight excluding hydrogens is 460 g/mol. The summed E-state index contributed by atoms with van der Waals surface area (Å²) in [6.45, 7) is 0.135. The summed E-state index contributed by atoms with van der Waals surface area (Å²) in [4.78, 5) is 30.6. The molecule has 3 aromatic rings. The summed E-state index contributed by atoms with van der Waals surface area (Å²) >= 11 is 3.30. The number of hydrogen-bond acceptors (Lipinski definition) is 5. The minimum atomic E-state index is -0.240. The van der Waals surface area contributed by atoms with Gasteiger partial charge in [-0.25, -0.2) is 9.67 Å².